The van der Waals surface area contributed by atoms with Crippen molar-refractivity contribution in [1.82, 2.24) is 0 Å². The third-order valence-electron chi connectivity index (χ3n) is 0.541. The lowest BCUT2D eigenvalue weighted by atomic mass is 10.6. The third-order valence-corrected chi connectivity index (χ3v) is 1.52. The second-order valence-corrected chi connectivity index (χ2v) is 4.65. The van der Waals surface area contributed by atoms with E-state index < -0.39 is 8.55 Å². The van der Waals surface area contributed by atoms with Crippen LogP contribution in [-0.4, -0.2) is 15.0 Å². The zero-order chi connectivity index (χ0) is 7.33. The minimum atomic E-state index is -3.44. The zero-order valence-corrected chi connectivity index (χ0v) is 7.28. The predicted octanol–water partition coefficient (Wildman–Crippen LogP) is 1.22. The highest BCUT2D eigenvalue weighted by molar-refractivity contribution is 9.46. The first-order valence-electron chi connectivity index (χ1n) is 2.26. The van der Waals surface area contributed by atoms with Crippen molar-refractivity contribution in [3.8, 4) is 0 Å². The van der Waals surface area contributed by atoms with Crippen LogP contribution >= 0.6 is 14.8 Å². The molecule has 0 aromatic heterocycles. The lowest BCUT2D eigenvalue weighted by molar-refractivity contribution is 0.371. The van der Waals surface area contributed by atoms with E-state index in [2.05, 4.69) is 19.0 Å². The SMILES string of the molecule is CC=CCOS(=O)(=O)Br. The number of rotatable bonds is 3. The monoisotopic (exact) mass is 214 g/mol. The van der Waals surface area contributed by atoms with Crippen LogP contribution in [0.1, 0.15) is 6.92 Å². The van der Waals surface area contributed by atoms with Crippen LogP contribution < -0.4 is 0 Å². The van der Waals surface area contributed by atoms with Crippen LogP contribution in [0.15, 0.2) is 12.2 Å². The van der Waals surface area contributed by atoms with Gasteiger partial charge in [-0.2, -0.15) is 8.42 Å². The van der Waals surface area contributed by atoms with Gasteiger partial charge in [-0.1, -0.05) is 12.2 Å². The Balaban J connectivity index is 3.53. The van der Waals surface area contributed by atoms with E-state index in [1.807, 2.05) is 0 Å². The largest absolute Gasteiger partial charge is 0.329 e. The van der Waals surface area contributed by atoms with Crippen molar-refractivity contribution in [2.45, 2.75) is 6.92 Å². The molecule has 0 aliphatic rings. The molecule has 0 N–H and O–H groups in total. The van der Waals surface area contributed by atoms with Gasteiger partial charge in [0.2, 0.25) is 0 Å². The Morgan fingerprint density at radius 1 is 1.67 bits per heavy atom. The molecule has 0 aliphatic heterocycles. The highest BCUT2D eigenvalue weighted by Gasteiger charge is 1.99. The Kier molecular flexibility index (Phi) is 4.09. The smallest absolute Gasteiger partial charge is 0.257 e. The molecule has 0 aromatic rings. The minimum absolute atomic E-state index is 0.0874. The molecule has 0 aliphatic carbocycles. The van der Waals surface area contributed by atoms with Gasteiger partial charge < -0.3 is 0 Å². The molecule has 0 unspecified atom stereocenters. The summed E-state index contributed by atoms with van der Waals surface area (Å²) in [6.45, 7) is 1.87. The summed E-state index contributed by atoms with van der Waals surface area (Å²) in [5, 5.41) is 0. The van der Waals surface area contributed by atoms with Crippen LogP contribution in [0, 0.1) is 0 Å². The fourth-order valence-corrected chi connectivity index (χ4v) is 0.782. The molecule has 0 rings (SSSR count). The van der Waals surface area contributed by atoms with E-state index in [0.29, 0.717) is 0 Å². The van der Waals surface area contributed by atoms with Gasteiger partial charge in [-0.05, 0) is 6.92 Å². The Hall–Kier alpha value is 0.130. The molecule has 0 saturated heterocycles. The molecular formula is C4H7BrO3S. The van der Waals surface area contributed by atoms with E-state index >= 15 is 0 Å². The molecule has 3 nitrogen and oxygen atoms in total. The van der Waals surface area contributed by atoms with Gasteiger partial charge in [0.05, 0.1) is 21.4 Å². The van der Waals surface area contributed by atoms with Gasteiger partial charge >= 0.3 is 8.55 Å². The number of hydrogen-bond donors (Lipinski definition) is 0. The fourth-order valence-electron chi connectivity index (χ4n) is 0.217. The Bertz CT molecular complexity index is 182. The molecule has 0 saturated carbocycles. The second-order valence-electron chi connectivity index (χ2n) is 1.25. The zero-order valence-electron chi connectivity index (χ0n) is 4.87. The van der Waals surface area contributed by atoms with Crippen LogP contribution in [0.4, 0.5) is 0 Å². The first kappa shape index (κ1) is 9.13. The van der Waals surface area contributed by atoms with Gasteiger partial charge in [-0.15, -0.1) is 0 Å². The van der Waals surface area contributed by atoms with Crippen molar-refractivity contribution in [3.05, 3.63) is 12.2 Å². The maximum absolute atomic E-state index is 10.2. The van der Waals surface area contributed by atoms with Crippen molar-refractivity contribution < 1.29 is 12.6 Å². The van der Waals surface area contributed by atoms with E-state index in [0.717, 1.165) is 0 Å². The summed E-state index contributed by atoms with van der Waals surface area (Å²) in [4.78, 5) is 0. The van der Waals surface area contributed by atoms with Crippen LogP contribution in [0.5, 0.6) is 0 Å². The fraction of sp³-hybridized carbons (Fsp3) is 0.500. The first-order valence-corrected chi connectivity index (χ1v) is 5.51. The number of allylic oxidation sites excluding steroid dienone is 1. The highest BCUT2D eigenvalue weighted by atomic mass is 79.9. The van der Waals surface area contributed by atoms with Crippen LogP contribution in [0.2, 0.25) is 0 Å². The summed E-state index contributed by atoms with van der Waals surface area (Å²) < 4.78 is 24.6. The molecule has 9 heavy (non-hydrogen) atoms. The molecule has 0 spiro atoms. The Morgan fingerprint density at radius 3 is 2.56 bits per heavy atom. The van der Waals surface area contributed by atoms with E-state index in [-0.39, 0.29) is 6.61 Å². The summed E-state index contributed by atoms with van der Waals surface area (Å²) in [5.41, 5.74) is 0. The van der Waals surface area contributed by atoms with Crippen molar-refractivity contribution >= 4 is 23.4 Å². The average molecular weight is 215 g/mol. The molecular weight excluding hydrogens is 208 g/mol. The van der Waals surface area contributed by atoms with E-state index in [9.17, 15) is 8.42 Å². The van der Waals surface area contributed by atoms with Crippen molar-refractivity contribution in [2.75, 3.05) is 6.61 Å². The maximum atomic E-state index is 10.2. The van der Waals surface area contributed by atoms with Crippen molar-refractivity contribution in [2.24, 2.45) is 0 Å². The van der Waals surface area contributed by atoms with Gasteiger partial charge in [0.15, 0.2) is 0 Å². The van der Waals surface area contributed by atoms with E-state index in [4.69, 9.17) is 0 Å². The van der Waals surface area contributed by atoms with Crippen LogP contribution in [-0.2, 0) is 12.7 Å². The summed E-state index contributed by atoms with van der Waals surface area (Å²) >= 11 is 2.32. The summed E-state index contributed by atoms with van der Waals surface area (Å²) in [5.74, 6) is 0. The van der Waals surface area contributed by atoms with Gasteiger partial charge in [-0.25, -0.2) is 0 Å². The van der Waals surface area contributed by atoms with Gasteiger partial charge in [-0.3, -0.25) is 4.18 Å². The van der Waals surface area contributed by atoms with Crippen LogP contribution in [0.25, 0.3) is 0 Å². The Morgan fingerprint density at radius 2 is 2.22 bits per heavy atom. The quantitative estimate of drug-likeness (QED) is 0.525. The summed E-state index contributed by atoms with van der Waals surface area (Å²) in [6, 6.07) is 0. The number of hydrogen-bond acceptors (Lipinski definition) is 3. The molecule has 0 amide bonds. The standard InChI is InChI=1S/C4H7BrO3S/c1-2-3-4-8-9(5,6)7/h2-3H,4H2,1H3. The Labute approximate surface area is 62.0 Å². The highest BCUT2D eigenvalue weighted by Crippen LogP contribution is 2.00. The molecule has 0 bridgehead atoms. The number of halogens is 1. The van der Waals surface area contributed by atoms with Gasteiger partial charge in [0.1, 0.15) is 0 Å². The topological polar surface area (TPSA) is 43.4 Å². The third kappa shape index (κ3) is 8.13. The summed E-state index contributed by atoms with van der Waals surface area (Å²) in [7, 11) is -3.44. The molecule has 0 atom stereocenters. The molecule has 54 valence electrons. The van der Waals surface area contributed by atoms with E-state index in [1.165, 1.54) is 0 Å². The molecule has 0 aromatic carbocycles. The lowest BCUT2D eigenvalue weighted by Crippen LogP contribution is -1.95. The van der Waals surface area contributed by atoms with Gasteiger partial charge in [0.25, 0.3) is 0 Å². The second kappa shape index (κ2) is 4.03. The predicted molar refractivity (Wildman–Crippen MR) is 38.6 cm³/mol. The average Bonchev–Trinajstić information content (AvgIpc) is 1.63. The molecule has 0 heterocycles. The van der Waals surface area contributed by atoms with Crippen molar-refractivity contribution in [3.63, 3.8) is 0 Å². The first-order chi connectivity index (χ1) is 4.06. The minimum Gasteiger partial charge on any atom is -0.257 e. The molecule has 0 radical (unpaired) electrons. The lowest BCUT2D eigenvalue weighted by Gasteiger charge is -1.90. The van der Waals surface area contributed by atoms with Crippen molar-refractivity contribution in [1.29, 1.82) is 0 Å². The van der Waals surface area contributed by atoms with E-state index in [1.54, 1.807) is 19.1 Å². The van der Waals surface area contributed by atoms with Gasteiger partial charge in [0, 0.05) is 0 Å². The summed E-state index contributed by atoms with van der Waals surface area (Å²) in [6.07, 6.45) is 3.30. The molecule has 5 heteroatoms. The normalized spacial score (nSPS) is 12.7. The van der Waals surface area contributed by atoms with Crippen LogP contribution in [0.3, 0.4) is 0 Å². The molecule has 0 fully saturated rings. The maximum Gasteiger partial charge on any atom is 0.329 e.